The van der Waals surface area contributed by atoms with Gasteiger partial charge < -0.3 is 15.8 Å². The van der Waals surface area contributed by atoms with Crippen LogP contribution in [0.15, 0.2) is 23.4 Å². The Morgan fingerprint density at radius 1 is 1.48 bits per heavy atom. The molecule has 4 nitrogen and oxygen atoms in total. The van der Waals surface area contributed by atoms with E-state index < -0.39 is 17.6 Å². The van der Waals surface area contributed by atoms with E-state index in [2.05, 4.69) is 5.16 Å². The Morgan fingerprint density at radius 3 is 2.71 bits per heavy atom. The fourth-order valence-corrected chi connectivity index (χ4v) is 3.57. The highest BCUT2D eigenvalue weighted by Crippen LogP contribution is 2.35. The molecule has 3 N–H and O–H groups in total. The molecule has 21 heavy (non-hydrogen) atoms. The molecule has 1 heterocycles. The summed E-state index contributed by atoms with van der Waals surface area (Å²) >= 11 is 1.82. The zero-order chi connectivity index (χ0) is 15.6. The van der Waals surface area contributed by atoms with E-state index in [1.54, 1.807) is 0 Å². The van der Waals surface area contributed by atoms with Crippen LogP contribution in [0.4, 0.5) is 18.9 Å². The maximum Gasteiger partial charge on any atom is 0.417 e. The Morgan fingerprint density at radius 2 is 2.19 bits per heavy atom. The molecule has 0 amide bonds. The van der Waals surface area contributed by atoms with Gasteiger partial charge in [-0.05, 0) is 30.4 Å². The second-order valence-electron chi connectivity index (χ2n) is 4.84. The van der Waals surface area contributed by atoms with Gasteiger partial charge in [0.2, 0.25) is 0 Å². The Labute approximate surface area is 124 Å². The number of oxime groups is 1. The summed E-state index contributed by atoms with van der Waals surface area (Å²) in [5.41, 5.74) is 4.80. The molecule has 0 aliphatic carbocycles. The molecule has 2 rings (SSSR count). The van der Waals surface area contributed by atoms with Crippen LogP contribution in [0.5, 0.6) is 0 Å². The predicted molar refractivity (Wildman–Crippen MR) is 78.1 cm³/mol. The normalized spacial score (nSPS) is 19.8. The highest BCUT2D eigenvalue weighted by Gasteiger charge is 2.35. The van der Waals surface area contributed by atoms with E-state index in [9.17, 15) is 13.2 Å². The minimum Gasteiger partial charge on any atom is -0.409 e. The van der Waals surface area contributed by atoms with E-state index >= 15 is 0 Å². The van der Waals surface area contributed by atoms with Gasteiger partial charge in [0, 0.05) is 30.1 Å². The Hall–Kier alpha value is -1.57. The topological polar surface area (TPSA) is 61.8 Å². The van der Waals surface area contributed by atoms with Crippen LogP contribution in [0.1, 0.15) is 17.5 Å². The molecular formula is C13H16F3N3OS. The van der Waals surface area contributed by atoms with Crippen LogP contribution < -0.4 is 10.6 Å². The second-order valence-corrected chi connectivity index (χ2v) is 5.99. The minimum absolute atomic E-state index is 0.284. The van der Waals surface area contributed by atoms with E-state index in [-0.39, 0.29) is 11.6 Å². The Kier molecular flexibility index (Phi) is 4.55. The number of anilines is 1. The summed E-state index contributed by atoms with van der Waals surface area (Å²) in [6.45, 7) is 0. The standard InChI is InChI=1S/C13H16F3N3OS/c1-19(9-4-5-21-7-9)8-2-3-11(13(14,15)16)10(6-8)12(17)18-20/h2-3,6,9,20H,4-5,7H2,1H3,(H2,17,18). The van der Waals surface area contributed by atoms with E-state index in [0.717, 1.165) is 24.0 Å². The third kappa shape index (κ3) is 3.37. The average Bonchev–Trinajstić information content (AvgIpc) is 2.98. The number of halogens is 3. The number of rotatable bonds is 3. The fraction of sp³-hybridized carbons (Fsp3) is 0.462. The number of benzene rings is 1. The molecule has 0 bridgehead atoms. The molecule has 1 atom stereocenters. The van der Waals surface area contributed by atoms with Crippen LogP contribution in [0, 0.1) is 0 Å². The highest BCUT2D eigenvalue weighted by atomic mass is 32.2. The lowest BCUT2D eigenvalue weighted by Crippen LogP contribution is -2.31. The molecule has 1 aliphatic heterocycles. The molecule has 0 aromatic heterocycles. The maximum absolute atomic E-state index is 13.0. The number of nitrogens with zero attached hydrogens (tertiary/aromatic N) is 2. The van der Waals surface area contributed by atoms with Crippen molar-refractivity contribution in [3.8, 4) is 0 Å². The lowest BCUT2D eigenvalue weighted by atomic mass is 10.0. The van der Waals surface area contributed by atoms with Gasteiger partial charge >= 0.3 is 6.18 Å². The first-order valence-corrected chi connectivity index (χ1v) is 7.49. The summed E-state index contributed by atoms with van der Waals surface area (Å²) in [5, 5.41) is 11.4. The number of nitrogens with two attached hydrogens (primary N) is 1. The molecule has 1 fully saturated rings. The largest absolute Gasteiger partial charge is 0.417 e. The number of hydrogen-bond donors (Lipinski definition) is 2. The van der Waals surface area contributed by atoms with Gasteiger partial charge in [-0.2, -0.15) is 24.9 Å². The van der Waals surface area contributed by atoms with Crippen LogP contribution in [0.25, 0.3) is 0 Å². The van der Waals surface area contributed by atoms with Crippen LogP contribution in [0.2, 0.25) is 0 Å². The molecule has 116 valence electrons. The van der Waals surface area contributed by atoms with Gasteiger partial charge in [-0.3, -0.25) is 0 Å². The van der Waals surface area contributed by atoms with Gasteiger partial charge in [-0.15, -0.1) is 0 Å². The van der Waals surface area contributed by atoms with Gasteiger partial charge in [-0.1, -0.05) is 5.16 Å². The van der Waals surface area contributed by atoms with Crippen LogP contribution in [-0.2, 0) is 6.18 Å². The van der Waals surface area contributed by atoms with Crippen molar-refractivity contribution >= 4 is 23.3 Å². The van der Waals surface area contributed by atoms with Crippen molar-refractivity contribution in [3.05, 3.63) is 29.3 Å². The van der Waals surface area contributed by atoms with Crippen molar-refractivity contribution < 1.29 is 18.4 Å². The molecular weight excluding hydrogens is 303 g/mol. The third-order valence-corrected chi connectivity index (χ3v) is 4.70. The molecule has 1 aromatic rings. The van der Waals surface area contributed by atoms with E-state index in [0.29, 0.717) is 5.69 Å². The highest BCUT2D eigenvalue weighted by molar-refractivity contribution is 7.99. The quantitative estimate of drug-likeness (QED) is 0.389. The molecule has 1 aromatic carbocycles. The number of hydrogen-bond acceptors (Lipinski definition) is 4. The average molecular weight is 319 g/mol. The first-order chi connectivity index (χ1) is 9.84. The molecule has 1 unspecified atom stereocenters. The van der Waals surface area contributed by atoms with Crippen molar-refractivity contribution in [1.82, 2.24) is 0 Å². The molecule has 1 aliphatic rings. The van der Waals surface area contributed by atoms with Crippen LogP contribution in [-0.4, -0.2) is 35.6 Å². The van der Waals surface area contributed by atoms with Crippen molar-refractivity contribution in [2.45, 2.75) is 18.6 Å². The summed E-state index contributed by atoms with van der Waals surface area (Å²) < 4.78 is 38.9. The van der Waals surface area contributed by atoms with Gasteiger partial charge in [0.1, 0.15) is 0 Å². The molecule has 8 heteroatoms. The number of thioether (sulfide) groups is 1. The summed E-state index contributed by atoms with van der Waals surface area (Å²) in [4.78, 5) is 1.94. The maximum atomic E-state index is 13.0. The number of alkyl halides is 3. The summed E-state index contributed by atoms with van der Waals surface area (Å²) in [6.07, 6.45) is -3.56. The summed E-state index contributed by atoms with van der Waals surface area (Å²) in [7, 11) is 1.84. The molecule has 0 saturated carbocycles. The SMILES string of the molecule is CN(c1ccc(C(F)(F)F)c(/C(N)=N/O)c1)C1CCSC1. The monoisotopic (exact) mass is 319 g/mol. The van der Waals surface area contributed by atoms with Gasteiger partial charge in [0.15, 0.2) is 5.84 Å². The van der Waals surface area contributed by atoms with Crippen molar-refractivity contribution in [3.63, 3.8) is 0 Å². The lowest BCUT2D eigenvalue weighted by molar-refractivity contribution is -0.137. The number of amidine groups is 1. The summed E-state index contributed by atoms with van der Waals surface area (Å²) in [5.74, 6) is 1.44. The van der Waals surface area contributed by atoms with E-state index in [1.807, 2.05) is 23.7 Å². The van der Waals surface area contributed by atoms with Crippen molar-refractivity contribution in [1.29, 1.82) is 0 Å². The fourth-order valence-electron chi connectivity index (χ4n) is 2.30. The zero-order valence-electron chi connectivity index (χ0n) is 11.4. The first kappa shape index (κ1) is 15.8. The molecule has 1 saturated heterocycles. The molecule has 0 spiro atoms. The van der Waals surface area contributed by atoms with E-state index in [1.165, 1.54) is 12.1 Å². The van der Waals surface area contributed by atoms with Gasteiger partial charge in [0.25, 0.3) is 0 Å². The van der Waals surface area contributed by atoms with Crippen molar-refractivity contribution in [2.24, 2.45) is 10.9 Å². The van der Waals surface area contributed by atoms with E-state index in [4.69, 9.17) is 10.9 Å². The zero-order valence-corrected chi connectivity index (χ0v) is 12.2. The third-order valence-electron chi connectivity index (χ3n) is 3.55. The molecule has 0 radical (unpaired) electrons. The summed E-state index contributed by atoms with van der Waals surface area (Å²) in [6, 6.07) is 3.99. The van der Waals surface area contributed by atoms with Gasteiger partial charge in [0.05, 0.1) is 5.56 Å². The van der Waals surface area contributed by atoms with Crippen LogP contribution >= 0.6 is 11.8 Å². The van der Waals surface area contributed by atoms with Crippen LogP contribution in [0.3, 0.4) is 0 Å². The smallest absolute Gasteiger partial charge is 0.409 e. The minimum atomic E-state index is -4.55. The van der Waals surface area contributed by atoms with Gasteiger partial charge in [-0.25, -0.2) is 0 Å². The van der Waals surface area contributed by atoms with Crippen molar-refractivity contribution in [2.75, 3.05) is 23.5 Å². The Balaban J connectivity index is 2.41. The lowest BCUT2D eigenvalue weighted by Gasteiger charge is -2.27. The second kappa shape index (κ2) is 6.05. The predicted octanol–water partition coefficient (Wildman–Crippen LogP) is 2.74. The Bertz CT molecular complexity index is 542. The first-order valence-electron chi connectivity index (χ1n) is 6.34.